The zero-order valence-electron chi connectivity index (χ0n) is 13.0. The summed E-state index contributed by atoms with van der Waals surface area (Å²) in [6.07, 6.45) is 6.70. The van der Waals surface area contributed by atoms with E-state index in [1.807, 2.05) is 12.3 Å². The monoisotopic (exact) mass is 309 g/mol. The Morgan fingerprint density at radius 3 is 2.87 bits per heavy atom. The number of hydrogen-bond donors (Lipinski definition) is 2. The van der Waals surface area contributed by atoms with Crippen molar-refractivity contribution in [3.8, 4) is 6.07 Å². The summed E-state index contributed by atoms with van der Waals surface area (Å²) in [6.45, 7) is 1.75. The normalized spacial score (nSPS) is 23.2. The number of hydrogen-bond acceptors (Lipinski definition) is 4. The number of pyridine rings is 1. The molecule has 0 aromatic carbocycles. The fraction of sp³-hybridized carbons (Fsp3) is 0.471. The molecule has 0 bridgehead atoms. The Balaban J connectivity index is 1.90. The van der Waals surface area contributed by atoms with Crippen molar-refractivity contribution in [1.82, 2.24) is 19.5 Å². The Morgan fingerprint density at radius 1 is 1.39 bits per heavy atom. The maximum absolute atomic E-state index is 10.2. The van der Waals surface area contributed by atoms with Gasteiger partial charge in [0.2, 0.25) is 0 Å². The molecule has 1 aliphatic carbocycles. The summed E-state index contributed by atoms with van der Waals surface area (Å²) in [7, 11) is 0. The van der Waals surface area contributed by atoms with Gasteiger partial charge in [-0.25, -0.2) is 9.97 Å². The second-order valence-corrected chi connectivity index (χ2v) is 6.38. The van der Waals surface area contributed by atoms with E-state index >= 15 is 0 Å². The van der Waals surface area contributed by atoms with Gasteiger partial charge < -0.3 is 14.7 Å². The van der Waals surface area contributed by atoms with Gasteiger partial charge in [0.25, 0.3) is 0 Å². The number of nitrogens with zero attached hydrogens (tertiary/aromatic N) is 4. The molecule has 1 aliphatic rings. The molecule has 0 saturated heterocycles. The molecule has 1 saturated carbocycles. The lowest BCUT2D eigenvalue weighted by Gasteiger charge is -2.28. The quantitative estimate of drug-likeness (QED) is 0.760. The number of fused-ring (bicyclic) bond motifs is 3. The summed E-state index contributed by atoms with van der Waals surface area (Å²) in [4.78, 5) is 12.2. The van der Waals surface area contributed by atoms with E-state index in [1.165, 1.54) is 0 Å². The summed E-state index contributed by atoms with van der Waals surface area (Å²) < 4.78 is 2.19. The van der Waals surface area contributed by atoms with Crippen LogP contribution < -0.4 is 0 Å². The lowest BCUT2D eigenvalue weighted by molar-refractivity contribution is 0.177. The number of imidazole rings is 1. The van der Waals surface area contributed by atoms with E-state index < -0.39 is 6.10 Å². The molecule has 1 atom stereocenters. The van der Waals surface area contributed by atoms with E-state index in [0.717, 1.165) is 47.8 Å². The number of nitriles is 1. The molecule has 118 valence electrons. The summed E-state index contributed by atoms with van der Waals surface area (Å²) >= 11 is 0. The van der Waals surface area contributed by atoms with Crippen LogP contribution in [-0.4, -0.2) is 24.6 Å². The average molecular weight is 309 g/mol. The Bertz CT molecular complexity index is 893. The van der Waals surface area contributed by atoms with E-state index in [2.05, 4.69) is 25.6 Å². The van der Waals surface area contributed by atoms with Crippen LogP contribution >= 0.6 is 0 Å². The highest BCUT2D eigenvalue weighted by molar-refractivity contribution is 6.01. The van der Waals surface area contributed by atoms with Crippen molar-refractivity contribution in [2.24, 2.45) is 5.92 Å². The van der Waals surface area contributed by atoms with Gasteiger partial charge in [-0.05, 0) is 38.7 Å². The molecule has 6 heteroatoms. The highest BCUT2D eigenvalue weighted by Crippen LogP contribution is 2.37. The largest absolute Gasteiger partial charge is 0.385 e. The molecular formula is C17H19N5O. The molecule has 3 heterocycles. The minimum atomic E-state index is -0.634. The summed E-state index contributed by atoms with van der Waals surface area (Å²) in [5, 5.41) is 20.3. The molecule has 0 unspecified atom stereocenters. The van der Waals surface area contributed by atoms with Crippen LogP contribution in [0, 0.1) is 17.2 Å². The van der Waals surface area contributed by atoms with Crippen LogP contribution in [0.5, 0.6) is 0 Å². The van der Waals surface area contributed by atoms with Crippen LogP contribution in [0.15, 0.2) is 18.5 Å². The lowest BCUT2D eigenvalue weighted by atomic mass is 9.86. The molecule has 0 amide bonds. The van der Waals surface area contributed by atoms with Gasteiger partial charge in [0, 0.05) is 23.5 Å². The molecule has 23 heavy (non-hydrogen) atoms. The predicted octanol–water partition coefficient (Wildman–Crippen LogP) is 3.22. The van der Waals surface area contributed by atoms with Crippen molar-refractivity contribution < 1.29 is 5.11 Å². The highest BCUT2D eigenvalue weighted by atomic mass is 16.3. The topological polar surface area (TPSA) is 90.5 Å². The Hall–Kier alpha value is -2.39. The number of H-pyrrole nitrogens is 1. The van der Waals surface area contributed by atoms with Crippen molar-refractivity contribution in [3.63, 3.8) is 0 Å². The minimum absolute atomic E-state index is 0.157. The number of aliphatic hydroxyl groups is 1. The molecule has 3 aromatic heterocycles. The molecule has 4 rings (SSSR count). The third-order valence-corrected chi connectivity index (χ3v) is 4.88. The molecule has 0 aliphatic heterocycles. The van der Waals surface area contributed by atoms with Crippen molar-refractivity contribution in [3.05, 3.63) is 24.3 Å². The number of aromatic amines is 1. The predicted molar refractivity (Wildman–Crippen MR) is 86.6 cm³/mol. The Kier molecular flexibility index (Phi) is 3.31. The molecule has 3 aromatic rings. The van der Waals surface area contributed by atoms with Crippen LogP contribution in [0.2, 0.25) is 0 Å². The zero-order valence-corrected chi connectivity index (χ0v) is 13.0. The van der Waals surface area contributed by atoms with Crippen molar-refractivity contribution >= 4 is 22.1 Å². The van der Waals surface area contributed by atoms with E-state index in [-0.39, 0.29) is 12.0 Å². The maximum atomic E-state index is 10.2. The second-order valence-electron chi connectivity index (χ2n) is 6.38. The lowest BCUT2D eigenvalue weighted by Crippen LogP contribution is -2.20. The van der Waals surface area contributed by atoms with Crippen molar-refractivity contribution in [1.29, 1.82) is 5.26 Å². The van der Waals surface area contributed by atoms with Gasteiger partial charge in [0.05, 0.1) is 17.8 Å². The first-order valence-corrected chi connectivity index (χ1v) is 8.10. The minimum Gasteiger partial charge on any atom is -0.385 e. The van der Waals surface area contributed by atoms with Crippen LogP contribution in [0.4, 0.5) is 0 Å². The Morgan fingerprint density at radius 2 is 2.17 bits per heavy atom. The Labute approximate surface area is 133 Å². The van der Waals surface area contributed by atoms with Gasteiger partial charge in [-0.3, -0.25) is 0 Å². The van der Waals surface area contributed by atoms with Gasteiger partial charge in [0.15, 0.2) is 0 Å². The average Bonchev–Trinajstić information content (AvgIpc) is 3.18. The number of nitrogens with one attached hydrogen (secondary N) is 1. The SMILES string of the molecule is C[C@@H](O)c1nc2cnc3[nH]ccc3c2n1C1CCC(C#N)CC1. The standard InChI is InChI=1S/C17H19N5O/c1-10(23)17-21-14-9-20-16-13(6-7-19-16)15(14)22(17)12-4-2-11(8-18)3-5-12/h6-7,9-12,23H,2-5H2,1H3,(H,19,20)/t10-,11?,12?/m1/s1. The van der Waals surface area contributed by atoms with Gasteiger partial charge in [-0.15, -0.1) is 0 Å². The van der Waals surface area contributed by atoms with E-state index in [4.69, 9.17) is 5.26 Å². The maximum Gasteiger partial charge on any atom is 0.139 e. The molecular weight excluding hydrogens is 290 g/mol. The fourth-order valence-electron chi connectivity index (χ4n) is 3.74. The molecule has 1 fully saturated rings. The smallest absolute Gasteiger partial charge is 0.139 e. The molecule has 2 N–H and O–H groups in total. The van der Waals surface area contributed by atoms with E-state index in [1.54, 1.807) is 13.1 Å². The first-order valence-electron chi connectivity index (χ1n) is 8.10. The van der Waals surface area contributed by atoms with Crippen LogP contribution in [0.3, 0.4) is 0 Å². The van der Waals surface area contributed by atoms with Crippen molar-refractivity contribution in [2.45, 2.75) is 44.8 Å². The third-order valence-electron chi connectivity index (χ3n) is 4.88. The van der Waals surface area contributed by atoms with E-state index in [0.29, 0.717) is 5.82 Å². The van der Waals surface area contributed by atoms with Gasteiger partial charge >= 0.3 is 0 Å². The summed E-state index contributed by atoms with van der Waals surface area (Å²) in [6, 6.07) is 4.66. The van der Waals surface area contributed by atoms with Crippen LogP contribution in [0.25, 0.3) is 22.1 Å². The van der Waals surface area contributed by atoms with Crippen molar-refractivity contribution in [2.75, 3.05) is 0 Å². The number of rotatable bonds is 2. The summed E-state index contributed by atoms with van der Waals surface area (Å²) in [5.41, 5.74) is 2.68. The second kappa shape index (κ2) is 5.36. The molecule has 0 radical (unpaired) electrons. The van der Waals surface area contributed by atoms with E-state index in [9.17, 15) is 5.11 Å². The summed E-state index contributed by atoms with van der Waals surface area (Å²) in [5.74, 6) is 0.848. The highest BCUT2D eigenvalue weighted by Gasteiger charge is 2.27. The number of aromatic nitrogens is 4. The van der Waals surface area contributed by atoms with Crippen LogP contribution in [0.1, 0.15) is 50.6 Å². The first kappa shape index (κ1) is 14.2. The molecule has 0 spiro atoms. The third kappa shape index (κ3) is 2.20. The molecule has 6 nitrogen and oxygen atoms in total. The van der Waals surface area contributed by atoms with Gasteiger partial charge in [0.1, 0.15) is 23.1 Å². The van der Waals surface area contributed by atoms with Gasteiger partial charge in [-0.1, -0.05) is 0 Å². The fourth-order valence-corrected chi connectivity index (χ4v) is 3.74. The number of aliphatic hydroxyl groups excluding tert-OH is 1. The first-order chi connectivity index (χ1) is 11.2. The van der Waals surface area contributed by atoms with Crippen LogP contribution in [-0.2, 0) is 0 Å². The van der Waals surface area contributed by atoms with Gasteiger partial charge in [-0.2, -0.15) is 5.26 Å². The zero-order chi connectivity index (χ0) is 16.0.